The fourth-order valence-electron chi connectivity index (χ4n) is 2.13. The van der Waals surface area contributed by atoms with Crippen molar-refractivity contribution >= 4 is 27.5 Å². The van der Waals surface area contributed by atoms with Crippen LogP contribution in [-0.4, -0.2) is 57.1 Å². The number of sulfone groups is 1. The Labute approximate surface area is 135 Å². The first kappa shape index (κ1) is 16.9. The van der Waals surface area contributed by atoms with E-state index in [0.717, 1.165) is 0 Å². The number of rotatable bonds is 5. The average molecular weight is 347 g/mol. The lowest BCUT2D eigenvalue weighted by atomic mass is 10.3. The Kier molecular flexibility index (Phi) is 5.52. The van der Waals surface area contributed by atoms with Gasteiger partial charge in [0.1, 0.15) is 12.4 Å². The molecule has 0 aromatic heterocycles. The van der Waals surface area contributed by atoms with Crippen LogP contribution < -0.4 is 10.1 Å². The molecule has 1 aliphatic heterocycles. The van der Waals surface area contributed by atoms with E-state index < -0.39 is 9.84 Å². The second-order valence-corrected chi connectivity index (χ2v) is 7.94. The van der Waals surface area contributed by atoms with Crippen LogP contribution in [0.2, 0.25) is 5.02 Å². The van der Waals surface area contributed by atoms with E-state index in [1.54, 1.807) is 31.3 Å². The zero-order chi connectivity index (χ0) is 16.2. The van der Waals surface area contributed by atoms with Crippen molar-refractivity contribution in [3.8, 4) is 5.75 Å². The summed E-state index contributed by atoms with van der Waals surface area (Å²) in [4.78, 5) is 13.4. The molecule has 1 heterocycles. The minimum absolute atomic E-state index is 0.0217. The van der Waals surface area contributed by atoms with E-state index in [2.05, 4.69) is 5.32 Å². The normalized spacial score (nSPS) is 19.6. The van der Waals surface area contributed by atoms with E-state index in [-0.39, 0.29) is 23.6 Å². The summed E-state index contributed by atoms with van der Waals surface area (Å²) < 4.78 is 28.2. The van der Waals surface area contributed by atoms with Gasteiger partial charge in [-0.3, -0.25) is 0 Å². The van der Waals surface area contributed by atoms with E-state index in [1.165, 1.54) is 4.90 Å². The molecule has 1 aromatic carbocycles. The van der Waals surface area contributed by atoms with Crippen LogP contribution in [-0.2, 0) is 9.84 Å². The zero-order valence-corrected chi connectivity index (χ0v) is 13.9. The predicted octanol–water partition coefficient (Wildman–Crippen LogP) is 1.55. The van der Waals surface area contributed by atoms with E-state index in [9.17, 15) is 13.2 Å². The third-order valence-corrected chi connectivity index (χ3v) is 5.44. The van der Waals surface area contributed by atoms with Gasteiger partial charge in [0.15, 0.2) is 9.84 Å². The number of hydrogen-bond donors (Lipinski definition) is 1. The molecule has 0 unspecified atom stereocenters. The van der Waals surface area contributed by atoms with Crippen molar-refractivity contribution in [3.05, 3.63) is 29.3 Å². The quantitative estimate of drug-likeness (QED) is 0.877. The third-order valence-electron chi connectivity index (χ3n) is 3.42. The Morgan fingerprint density at radius 2 is 2.09 bits per heavy atom. The van der Waals surface area contributed by atoms with Crippen molar-refractivity contribution < 1.29 is 17.9 Å². The number of hydrogen-bond acceptors (Lipinski definition) is 4. The molecule has 6 nitrogen and oxygen atoms in total. The molecule has 1 atom stereocenters. The van der Waals surface area contributed by atoms with Crippen LogP contribution in [0.4, 0.5) is 4.79 Å². The Hall–Kier alpha value is -1.47. The molecule has 0 aliphatic carbocycles. The first-order chi connectivity index (χ1) is 10.4. The number of likely N-dealkylation sites (N-methyl/N-ethyl adjacent to an activating group) is 1. The molecule has 1 saturated heterocycles. The van der Waals surface area contributed by atoms with Gasteiger partial charge in [0, 0.05) is 18.1 Å². The molecule has 1 aliphatic rings. The highest BCUT2D eigenvalue weighted by Crippen LogP contribution is 2.15. The fraction of sp³-hybridized carbons (Fsp3) is 0.500. The summed E-state index contributed by atoms with van der Waals surface area (Å²) in [7, 11) is -1.35. The number of nitrogens with one attached hydrogen (secondary N) is 1. The highest BCUT2D eigenvalue weighted by atomic mass is 35.5. The fourth-order valence-corrected chi connectivity index (χ4v) is 3.93. The second kappa shape index (κ2) is 7.19. The number of carbonyl (C=O) groups excluding carboxylic acids is 1. The van der Waals surface area contributed by atoms with Crippen LogP contribution in [0.25, 0.3) is 0 Å². The Balaban J connectivity index is 1.71. The maximum absolute atomic E-state index is 11.9. The van der Waals surface area contributed by atoms with Crippen molar-refractivity contribution in [3.63, 3.8) is 0 Å². The molecular formula is C14H19ClN2O4S. The molecule has 122 valence electrons. The molecule has 1 N–H and O–H groups in total. The summed E-state index contributed by atoms with van der Waals surface area (Å²) in [5.74, 6) is 0.843. The molecule has 1 aromatic rings. The van der Waals surface area contributed by atoms with Crippen molar-refractivity contribution in [1.82, 2.24) is 10.2 Å². The SMILES string of the molecule is CN(CCOc1ccc(Cl)cc1)C(=O)N[C@H]1CCS(=O)(=O)C1. The topological polar surface area (TPSA) is 75.7 Å². The van der Waals surface area contributed by atoms with E-state index in [4.69, 9.17) is 16.3 Å². The van der Waals surface area contributed by atoms with Crippen LogP contribution in [0.1, 0.15) is 6.42 Å². The van der Waals surface area contributed by atoms with E-state index in [1.807, 2.05) is 0 Å². The number of nitrogens with zero attached hydrogens (tertiary/aromatic N) is 1. The predicted molar refractivity (Wildman–Crippen MR) is 85.2 cm³/mol. The maximum Gasteiger partial charge on any atom is 0.317 e. The molecule has 1 fully saturated rings. The minimum Gasteiger partial charge on any atom is -0.492 e. The standard InChI is InChI=1S/C14H19ClN2O4S/c1-17(7-8-21-13-4-2-11(15)3-5-13)14(18)16-12-6-9-22(19,20)10-12/h2-5,12H,6-10H2,1H3,(H,16,18)/t12-/m0/s1. The van der Waals surface area contributed by atoms with Gasteiger partial charge in [0.2, 0.25) is 0 Å². The molecule has 0 bridgehead atoms. The number of benzene rings is 1. The van der Waals surface area contributed by atoms with Crippen LogP contribution in [0.3, 0.4) is 0 Å². The van der Waals surface area contributed by atoms with E-state index in [0.29, 0.717) is 30.3 Å². The number of amides is 2. The molecule has 2 rings (SSSR count). The van der Waals surface area contributed by atoms with Gasteiger partial charge < -0.3 is 15.0 Å². The summed E-state index contributed by atoms with van der Waals surface area (Å²) in [5, 5.41) is 3.36. The molecule has 2 amide bonds. The summed E-state index contributed by atoms with van der Waals surface area (Å²) in [6.45, 7) is 0.739. The second-order valence-electron chi connectivity index (χ2n) is 5.27. The zero-order valence-electron chi connectivity index (χ0n) is 12.3. The van der Waals surface area contributed by atoms with Crippen molar-refractivity contribution in [2.45, 2.75) is 12.5 Å². The van der Waals surface area contributed by atoms with Gasteiger partial charge >= 0.3 is 6.03 Å². The number of halogens is 1. The van der Waals surface area contributed by atoms with Gasteiger partial charge in [-0.15, -0.1) is 0 Å². The summed E-state index contributed by atoms with van der Waals surface area (Å²) in [6, 6.07) is 6.39. The smallest absolute Gasteiger partial charge is 0.317 e. The third kappa shape index (κ3) is 5.06. The average Bonchev–Trinajstić information content (AvgIpc) is 2.80. The minimum atomic E-state index is -2.99. The largest absolute Gasteiger partial charge is 0.492 e. The van der Waals surface area contributed by atoms with Crippen molar-refractivity contribution in [2.75, 3.05) is 31.7 Å². The first-order valence-electron chi connectivity index (χ1n) is 6.96. The Morgan fingerprint density at radius 1 is 1.41 bits per heavy atom. The van der Waals surface area contributed by atoms with Gasteiger partial charge in [-0.2, -0.15) is 0 Å². The van der Waals surface area contributed by atoms with Gasteiger partial charge in [0.25, 0.3) is 0 Å². The van der Waals surface area contributed by atoms with Gasteiger partial charge in [-0.25, -0.2) is 13.2 Å². The molecule has 0 radical (unpaired) electrons. The van der Waals surface area contributed by atoms with Crippen molar-refractivity contribution in [1.29, 1.82) is 0 Å². The van der Waals surface area contributed by atoms with Gasteiger partial charge in [-0.1, -0.05) is 11.6 Å². The van der Waals surface area contributed by atoms with Crippen LogP contribution in [0.15, 0.2) is 24.3 Å². The Morgan fingerprint density at radius 3 is 2.68 bits per heavy atom. The van der Waals surface area contributed by atoms with Gasteiger partial charge in [-0.05, 0) is 30.7 Å². The van der Waals surface area contributed by atoms with Gasteiger partial charge in [0.05, 0.1) is 18.1 Å². The highest BCUT2D eigenvalue weighted by molar-refractivity contribution is 7.91. The number of carbonyl (C=O) groups is 1. The Bertz CT molecular complexity index is 618. The maximum atomic E-state index is 11.9. The lowest BCUT2D eigenvalue weighted by Gasteiger charge is -2.20. The highest BCUT2D eigenvalue weighted by Gasteiger charge is 2.29. The molecule has 8 heteroatoms. The van der Waals surface area contributed by atoms with Crippen LogP contribution in [0.5, 0.6) is 5.75 Å². The molecule has 22 heavy (non-hydrogen) atoms. The summed E-state index contributed by atoms with van der Waals surface area (Å²) in [5.41, 5.74) is 0. The molecule has 0 saturated carbocycles. The van der Waals surface area contributed by atoms with Crippen LogP contribution in [0, 0.1) is 0 Å². The van der Waals surface area contributed by atoms with Crippen LogP contribution >= 0.6 is 11.6 Å². The number of ether oxygens (including phenoxy) is 1. The molecular weight excluding hydrogens is 328 g/mol. The monoisotopic (exact) mass is 346 g/mol. The lowest BCUT2D eigenvalue weighted by molar-refractivity contribution is 0.192. The summed E-state index contributed by atoms with van der Waals surface area (Å²) >= 11 is 5.78. The number of urea groups is 1. The first-order valence-corrected chi connectivity index (χ1v) is 9.16. The molecule has 0 spiro atoms. The van der Waals surface area contributed by atoms with E-state index >= 15 is 0 Å². The van der Waals surface area contributed by atoms with Crippen molar-refractivity contribution in [2.24, 2.45) is 0 Å². The summed E-state index contributed by atoms with van der Waals surface area (Å²) in [6.07, 6.45) is 0.475. The lowest BCUT2D eigenvalue weighted by Crippen LogP contribution is -2.44.